The normalized spacial score (nSPS) is 16.4. The number of hydrogen-bond acceptors (Lipinski definition) is 3. The molecule has 1 aromatic carbocycles. The summed E-state index contributed by atoms with van der Waals surface area (Å²) >= 11 is 0. The van der Waals surface area contributed by atoms with Gasteiger partial charge in [-0.15, -0.1) is 0 Å². The van der Waals surface area contributed by atoms with Gasteiger partial charge in [0.1, 0.15) is 5.88 Å². The standard InChI is InChI=1S/C12H17NO2S/c1-9-3-6-12(7-10(9)2)16(14,15)8-13-11-4-5-11/h3,6-7,11,13H,4-5,8H2,1-2H3. The first-order chi connectivity index (χ1) is 7.49. The Bertz CT molecular complexity index is 490. The number of benzene rings is 1. The molecule has 0 saturated heterocycles. The van der Waals surface area contributed by atoms with E-state index in [1.807, 2.05) is 19.9 Å². The second-order valence-electron chi connectivity index (χ2n) is 4.48. The molecule has 1 aliphatic rings. The second-order valence-corrected chi connectivity index (χ2v) is 6.47. The maximum absolute atomic E-state index is 12.0. The molecule has 4 heteroatoms. The molecular formula is C12H17NO2S. The molecule has 0 heterocycles. The molecule has 0 unspecified atom stereocenters. The first kappa shape index (κ1) is 11.6. The van der Waals surface area contributed by atoms with Gasteiger partial charge in [-0.2, -0.15) is 0 Å². The fourth-order valence-corrected chi connectivity index (χ4v) is 2.76. The highest BCUT2D eigenvalue weighted by Gasteiger charge is 2.24. The molecule has 0 radical (unpaired) electrons. The third-order valence-corrected chi connectivity index (χ3v) is 4.50. The van der Waals surface area contributed by atoms with Gasteiger partial charge in [0.15, 0.2) is 9.84 Å². The van der Waals surface area contributed by atoms with Gasteiger partial charge in [0.2, 0.25) is 0 Å². The van der Waals surface area contributed by atoms with E-state index in [1.165, 1.54) is 0 Å². The molecule has 1 fully saturated rings. The molecule has 0 aliphatic heterocycles. The van der Waals surface area contributed by atoms with Crippen LogP contribution in [0.15, 0.2) is 23.1 Å². The van der Waals surface area contributed by atoms with Gasteiger partial charge in [0.25, 0.3) is 0 Å². The van der Waals surface area contributed by atoms with Crippen LogP contribution in [0.2, 0.25) is 0 Å². The molecular weight excluding hydrogens is 222 g/mol. The summed E-state index contributed by atoms with van der Waals surface area (Å²) in [4.78, 5) is 0.420. The van der Waals surface area contributed by atoms with Gasteiger partial charge in [-0.3, -0.25) is 0 Å². The van der Waals surface area contributed by atoms with Crippen LogP contribution in [0.25, 0.3) is 0 Å². The van der Waals surface area contributed by atoms with Crippen LogP contribution in [-0.2, 0) is 9.84 Å². The second kappa shape index (κ2) is 4.18. The van der Waals surface area contributed by atoms with Crippen LogP contribution >= 0.6 is 0 Å². The van der Waals surface area contributed by atoms with Crippen molar-refractivity contribution >= 4 is 9.84 Å². The Kier molecular flexibility index (Phi) is 3.04. The van der Waals surface area contributed by atoms with Crippen LogP contribution < -0.4 is 5.32 Å². The van der Waals surface area contributed by atoms with Crippen molar-refractivity contribution in [3.8, 4) is 0 Å². The Morgan fingerprint density at radius 1 is 1.25 bits per heavy atom. The minimum Gasteiger partial charge on any atom is -0.301 e. The van der Waals surface area contributed by atoms with E-state index in [2.05, 4.69) is 5.32 Å². The van der Waals surface area contributed by atoms with Gasteiger partial charge < -0.3 is 5.32 Å². The van der Waals surface area contributed by atoms with Crippen molar-refractivity contribution < 1.29 is 8.42 Å². The van der Waals surface area contributed by atoms with Gasteiger partial charge in [-0.1, -0.05) is 6.07 Å². The van der Waals surface area contributed by atoms with Crippen LogP contribution in [0.3, 0.4) is 0 Å². The predicted molar refractivity (Wildman–Crippen MR) is 64.1 cm³/mol. The lowest BCUT2D eigenvalue weighted by atomic mass is 10.1. The first-order valence-corrected chi connectivity index (χ1v) is 7.18. The maximum Gasteiger partial charge on any atom is 0.191 e. The lowest BCUT2D eigenvalue weighted by Crippen LogP contribution is -2.25. The van der Waals surface area contributed by atoms with Crippen molar-refractivity contribution in [2.24, 2.45) is 0 Å². The van der Waals surface area contributed by atoms with Gasteiger partial charge in [-0.25, -0.2) is 8.42 Å². The van der Waals surface area contributed by atoms with Crippen molar-refractivity contribution in [3.63, 3.8) is 0 Å². The monoisotopic (exact) mass is 239 g/mol. The Labute approximate surface area is 96.8 Å². The van der Waals surface area contributed by atoms with Crippen LogP contribution in [0, 0.1) is 13.8 Å². The van der Waals surface area contributed by atoms with E-state index in [1.54, 1.807) is 12.1 Å². The topological polar surface area (TPSA) is 46.2 Å². The molecule has 3 nitrogen and oxygen atoms in total. The van der Waals surface area contributed by atoms with Crippen LogP contribution in [0.1, 0.15) is 24.0 Å². The minimum absolute atomic E-state index is 0.0557. The van der Waals surface area contributed by atoms with E-state index in [0.29, 0.717) is 10.9 Å². The summed E-state index contributed by atoms with van der Waals surface area (Å²) in [5, 5.41) is 3.04. The largest absolute Gasteiger partial charge is 0.301 e. The van der Waals surface area contributed by atoms with Crippen molar-refractivity contribution in [2.45, 2.75) is 37.6 Å². The summed E-state index contributed by atoms with van der Waals surface area (Å²) in [5.74, 6) is 0.0557. The molecule has 0 spiro atoms. The molecule has 0 amide bonds. The molecule has 0 aromatic heterocycles. The zero-order chi connectivity index (χ0) is 11.8. The SMILES string of the molecule is Cc1ccc(S(=O)(=O)CNC2CC2)cc1C. The quantitative estimate of drug-likeness (QED) is 0.871. The van der Waals surface area contributed by atoms with Crippen molar-refractivity contribution in [1.82, 2.24) is 5.32 Å². The highest BCUT2D eigenvalue weighted by molar-refractivity contribution is 7.91. The van der Waals surface area contributed by atoms with Crippen LogP contribution in [0.5, 0.6) is 0 Å². The summed E-state index contributed by atoms with van der Waals surface area (Å²) in [7, 11) is -3.17. The van der Waals surface area contributed by atoms with Gasteiger partial charge in [0.05, 0.1) is 4.90 Å². The molecule has 88 valence electrons. The Balaban J connectivity index is 2.17. The van der Waals surface area contributed by atoms with Gasteiger partial charge in [0, 0.05) is 6.04 Å². The summed E-state index contributed by atoms with van der Waals surface area (Å²) in [5.41, 5.74) is 2.14. The average molecular weight is 239 g/mol. The fraction of sp³-hybridized carbons (Fsp3) is 0.500. The highest BCUT2D eigenvalue weighted by Crippen LogP contribution is 2.20. The van der Waals surface area contributed by atoms with Gasteiger partial charge in [-0.05, 0) is 49.9 Å². The maximum atomic E-state index is 12.0. The lowest BCUT2D eigenvalue weighted by Gasteiger charge is -2.07. The zero-order valence-electron chi connectivity index (χ0n) is 9.66. The predicted octanol–water partition coefficient (Wildman–Crippen LogP) is 1.79. The molecule has 16 heavy (non-hydrogen) atoms. The van der Waals surface area contributed by atoms with Crippen LogP contribution in [-0.4, -0.2) is 20.3 Å². The Morgan fingerprint density at radius 3 is 2.50 bits per heavy atom. The fourth-order valence-electron chi connectivity index (χ4n) is 1.51. The third kappa shape index (κ3) is 2.62. The molecule has 1 saturated carbocycles. The smallest absolute Gasteiger partial charge is 0.191 e. The zero-order valence-corrected chi connectivity index (χ0v) is 10.5. The summed E-state index contributed by atoms with van der Waals surface area (Å²) in [6.07, 6.45) is 2.20. The average Bonchev–Trinajstić information content (AvgIpc) is 3.03. The van der Waals surface area contributed by atoms with E-state index in [9.17, 15) is 8.42 Å². The van der Waals surface area contributed by atoms with E-state index in [4.69, 9.17) is 0 Å². The summed E-state index contributed by atoms with van der Waals surface area (Å²) in [6.45, 7) is 3.91. The molecule has 0 atom stereocenters. The van der Waals surface area contributed by atoms with E-state index in [-0.39, 0.29) is 5.88 Å². The number of aryl methyl sites for hydroxylation is 2. The number of hydrogen-bond donors (Lipinski definition) is 1. The minimum atomic E-state index is -3.17. The number of nitrogens with one attached hydrogen (secondary N) is 1. The summed E-state index contributed by atoms with van der Waals surface area (Å²) < 4.78 is 23.9. The molecule has 1 aromatic rings. The van der Waals surface area contributed by atoms with Gasteiger partial charge >= 0.3 is 0 Å². The van der Waals surface area contributed by atoms with E-state index >= 15 is 0 Å². The number of rotatable bonds is 4. The molecule has 0 bridgehead atoms. The molecule has 1 aliphatic carbocycles. The summed E-state index contributed by atoms with van der Waals surface area (Å²) in [6, 6.07) is 5.71. The Morgan fingerprint density at radius 2 is 1.94 bits per heavy atom. The molecule has 1 N–H and O–H groups in total. The molecule has 2 rings (SSSR count). The van der Waals surface area contributed by atoms with E-state index < -0.39 is 9.84 Å². The first-order valence-electron chi connectivity index (χ1n) is 5.52. The Hall–Kier alpha value is -0.870. The van der Waals surface area contributed by atoms with Crippen LogP contribution in [0.4, 0.5) is 0 Å². The lowest BCUT2D eigenvalue weighted by molar-refractivity contribution is 0.586. The number of sulfone groups is 1. The highest BCUT2D eigenvalue weighted by atomic mass is 32.2. The third-order valence-electron chi connectivity index (χ3n) is 2.98. The van der Waals surface area contributed by atoms with Crippen molar-refractivity contribution in [3.05, 3.63) is 29.3 Å². The van der Waals surface area contributed by atoms with Crippen molar-refractivity contribution in [1.29, 1.82) is 0 Å². The van der Waals surface area contributed by atoms with Crippen molar-refractivity contribution in [2.75, 3.05) is 5.88 Å². The van der Waals surface area contributed by atoms with E-state index in [0.717, 1.165) is 24.0 Å².